The van der Waals surface area contributed by atoms with E-state index in [1.54, 1.807) is 17.0 Å². The van der Waals surface area contributed by atoms with E-state index in [1.807, 2.05) is 0 Å². The minimum absolute atomic E-state index is 0.0253. The van der Waals surface area contributed by atoms with Gasteiger partial charge in [-0.05, 0) is 36.8 Å². The van der Waals surface area contributed by atoms with Gasteiger partial charge in [0, 0.05) is 23.1 Å². The number of amides is 2. The van der Waals surface area contributed by atoms with Crippen molar-refractivity contribution < 1.29 is 28.5 Å². The molecule has 7 nitrogen and oxygen atoms in total. The molecule has 0 spiro atoms. The smallest absolute Gasteiger partial charge is 0.319 e. The van der Waals surface area contributed by atoms with Crippen molar-refractivity contribution >= 4 is 33.3 Å². The van der Waals surface area contributed by atoms with Crippen LogP contribution in [0.25, 0.3) is 0 Å². The Morgan fingerprint density at radius 1 is 1.27 bits per heavy atom. The highest BCUT2D eigenvalue weighted by Crippen LogP contribution is 2.34. The van der Waals surface area contributed by atoms with Crippen LogP contribution in [0.3, 0.4) is 0 Å². The largest absolute Gasteiger partial charge is 0.490 e. The van der Waals surface area contributed by atoms with Gasteiger partial charge in [0.05, 0.1) is 17.9 Å². The lowest BCUT2D eigenvalue weighted by Crippen LogP contribution is -2.58. The Bertz CT molecular complexity index is 993. The van der Waals surface area contributed by atoms with Crippen LogP contribution in [-0.2, 0) is 6.54 Å². The summed E-state index contributed by atoms with van der Waals surface area (Å²) in [4.78, 5) is 13.1. The van der Waals surface area contributed by atoms with Crippen LogP contribution >= 0.6 is 15.9 Å². The Morgan fingerprint density at radius 3 is 2.80 bits per heavy atom. The Balaban J connectivity index is 1.46. The van der Waals surface area contributed by atoms with Crippen LogP contribution in [0.15, 0.2) is 34.8 Å². The first-order valence-corrected chi connectivity index (χ1v) is 10.2. The van der Waals surface area contributed by atoms with Gasteiger partial charge in [-0.1, -0.05) is 15.9 Å². The van der Waals surface area contributed by atoms with E-state index >= 15 is 0 Å². The van der Waals surface area contributed by atoms with Crippen molar-refractivity contribution in [2.75, 3.05) is 29.9 Å². The molecule has 2 amide bonds. The zero-order valence-electron chi connectivity index (χ0n) is 15.8. The zero-order chi connectivity index (χ0) is 21.5. The number of ether oxygens (including phenoxy) is 1. The lowest BCUT2D eigenvalue weighted by atomic mass is 9.89. The van der Waals surface area contributed by atoms with Crippen LogP contribution < -0.4 is 20.3 Å². The number of halogens is 3. The van der Waals surface area contributed by atoms with Crippen LogP contribution in [0.4, 0.5) is 25.0 Å². The van der Waals surface area contributed by atoms with Gasteiger partial charge in [0.25, 0.3) is 0 Å². The van der Waals surface area contributed by atoms with E-state index in [1.165, 1.54) is 18.2 Å². The number of hydrogen-bond acceptors (Lipinski definition) is 5. The number of aliphatic hydroxyl groups is 2. The van der Waals surface area contributed by atoms with E-state index in [-0.39, 0.29) is 31.8 Å². The number of fused-ring (bicyclic) bond motifs is 1. The molecule has 2 aromatic carbocycles. The lowest BCUT2D eigenvalue weighted by Gasteiger charge is -2.42. The number of piperidine rings is 1. The molecule has 4 rings (SSSR count). The summed E-state index contributed by atoms with van der Waals surface area (Å²) in [7, 11) is 0. The lowest BCUT2D eigenvalue weighted by molar-refractivity contribution is -0.109. The maximum atomic E-state index is 14.2. The number of hydrogen-bond donors (Lipinski definition) is 4. The van der Waals surface area contributed by atoms with Gasteiger partial charge in [-0.3, -0.25) is 0 Å². The average Bonchev–Trinajstić information content (AvgIpc) is 2.70. The molecule has 0 aromatic heterocycles. The number of aliphatic hydroxyl groups excluding tert-OH is 1. The van der Waals surface area contributed by atoms with Crippen LogP contribution in [0.2, 0.25) is 0 Å². The summed E-state index contributed by atoms with van der Waals surface area (Å²) in [6, 6.07) is 6.73. The van der Waals surface area contributed by atoms with Crippen molar-refractivity contribution in [3.05, 3.63) is 52.0 Å². The molecule has 0 radical (unpaired) electrons. The summed E-state index contributed by atoms with van der Waals surface area (Å²) in [5.74, 6) is -0.720. The third-order valence-electron chi connectivity index (χ3n) is 5.44. The predicted octanol–water partition coefficient (Wildman–Crippen LogP) is 2.74. The number of nitrogens with one attached hydrogen (secondary N) is 2. The standard InChI is InChI=1S/C20H20BrF2N3O4/c21-11-1-3-15(14(23)7-11)26-6-5-20(29,17(27)9-26)10-30-16-4-2-13(22)18-12(16)8-24-19(28)25-18/h1-4,7,17,27,29H,5-6,8-10H2,(H2,24,25,28)/t17-,20-/m1/s1. The second kappa shape index (κ2) is 8.01. The highest BCUT2D eigenvalue weighted by molar-refractivity contribution is 9.10. The second-order valence-corrected chi connectivity index (χ2v) is 8.32. The molecule has 0 unspecified atom stereocenters. The summed E-state index contributed by atoms with van der Waals surface area (Å²) in [6.45, 7) is 0.175. The van der Waals surface area contributed by atoms with Crippen molar-refractivity contribution in [2.24, 2.45) is 0 Å². The first-order chi connectivity index (χ1) is 14.3. The number of anilines is 2. The van der Waals surface area contributed by atoms with Gasteiger partial charge in [0.2, 0.25) is 0 Å². The van der Waals surface area contributed by atoms with Gasteiger partial charge in [0.1, 0.15) is 35.7 Å². The Morgan fingerprint density at radius 2 is 2.07 bits per heavy atom. The molecule has 2 atom stereocenters. The van der Waals surface area contributed by atoms with Gasteiger partial charge in [-0.15, -0.1) is 0 Å². The van der Waals surface area contributed by atoms with E-state index in [0.29, 0.717) is 28.0 Å². The van der Waals surface area contributed by atoms with Crippen LogP contribution in [0, 0.1) is 11.6 Å². The SMILES string of the molecule is O=C1NCc2c(OC[C@]3(O)CCN(c4ccc(Br)cc4F)C[C@H]3O)ccc(F)c2N1. The van der Waals surface area contributed by atoms with Gasteiger partial charge < -0.3 is 30.5 Å². The normalized spacial score (nSPS) is 23.4. The summed E-state index contributed by atoms with van der Waals surface area (Å²) >= 11 is 3.21. The zero-order valence-corrected chi connectivity index (χ0v) is 17.4. The average molecular weight is 484 g/mol. The third-order valence-corrected chi connectivity index (χ3v) is 5.93. The number of β-amino-alcohol motifs (C(OH)–C–C–N with tert-alkyl or cyclic N) is 1. The third kappa shape index (κ3) is 3.94. The second-order valence-electron chi connectivity index (χ2n) is 7.41. The molecule has 2 aromatic rings. The van der Waals surface area contributed by atoms with E-state index in [4.69, 9.17) is 4.74 Å². The Hall–Kier alpha value is -2.43. The van der Waals surface area contributed by atoms with E-state index in [2.05, 4.69) is 26.6 Å². The highest BCUT2D eigenvalue weighted by atomic mass is 79.9. The van der Waals surface area contributed by atoms with Gasteiger partial charge in [-0.2, -0.15) is 0 Å². The number of carbonyl (C=O) groups excluding carboxylic acids is 1. The van der Waals surface area contributed by atoms with Crippen molar-refractivity contribution in [3.8, 4) is 5.75 Å². The number of carbonyl (C=O) groups is 1. The Kier molecular flexibility index (Phi) is 5.56. The molecule has 2 heterocycles. The summed E-state index contributed by atoms with van der Waals surface area (Å²) in [5.41, 5.74) is -0.768. The fourth-order valence-corrected chi connectivity index (χ4v) is 4.00. The summed E-state index contributed by atoms with van der Waals surface area (Å²) in [5, 5.41) is 26.4. The maximum absolute atomic E-state index is 14.2. The van der Waals surface area contributed by atoms with Gasteiger partial charge in [0.15, 0.2) is 0 Å². The number of nitrogens with zero attached hydrogens (tertiary/aromatic N) is 1. The summed E-state index contributed by atoms with van der Waals surface area (Å²) < 4.78 is 34.6. The molecular weight excluding hydrogens is 464 g/mol. The molecule has 1 fully saturated rings. The van der Waals surface area contributed by atoms with Gasteiger partial charge >= 0.3 is 6.03 Å². The molecule has 4 N–H and O–H groups in total. The number of rotatable bonds is 4. The fourth-order valence-electron chi connectivity index (χ4n) is 3.67. The van der Waals surface area contributed by atoms with Gasteiger partial charge in [-0.25, -0.2) is 13.6 Å². The molecule has 0 bridgehead atoms. The van der Waals surface area contributed by atoms with Crippen molar-refractivity contribution in [3.63, 3.8) is 0 Å². The maximum Gasteiger partial charge on any atom is 0.319 e. The minimum Gasteiger partial charge on any atom is -0.490 e. The van der Waals surface area contributed by atoms with E-state index in [0.717, 1.165) is 0 Å². The minimum atomic E-state index is -1.56. The fraction of sp³-hybridized carbons (Fsp3) is 0.350. The van der Waals surface area contributed by atoms with E-state index in [9.17, 15) is 23.8 Å². The number of urea groups is 1. The van der Waals surface area contributed by atoms with Crippen molar-refractivity contribution in [2.45, 2.75) is 24.7 Å². The molecule has 160 valence electrons. The first kappa shape index (κ1) is 20.8. The van der Waals surface area contributed by atoms with Crippen LogP contribution in [-0.4, -0.2) is 47.6 Å². The van der Waals surface area contributed by atoms with Crippen molar-refractivity contribution in [1.82, 2.24) is 5.32 Å². The molecular formula is C20H20BrF2N3O4. The van der Waals surface area contributed by atoms with Crippen molar-refractivity contribution in [1.29, 1.82) is 0 Å². The molecule has 1 saturated heterocycles. The summed E-state index contributed by atoms with van der Waals surface area (Å²) in [6.07, 6.45) is -1.05. The van der Waals surface area contributed by atoms with Crippen LogP contribution in [0.5, 0.6) is 5.75 Å². The monoisotopic (exact) mass is 483 g/mol. The molecule has 10 heteroatoms. The molecule has 30 heavy (non-hydrogen) atoms. The molecule has 2 aliphatic heterocycles. The first-order valence-electron chi connectivity index (χ1n) is 9.36. The Labute approximate surface area is 179 Å². The van der Waals surface area contributed by atoms with Crippen LogP contribution in [0.1, 0.15) is 12.0 Å². The number of benzene rings is 2. The highest BCUT2D eigenvalue weighted by Gasteiger charge is 2.42. The van der Waals surface area contributed by atoms with E-state index < -0.39 is 29.4 Å². The quantitative estimate of drug-likeness (QED) is 0.536. The predicted molar refractivity (Wildman–Crippen MR) is 110 cm³/mol. The molecule has 0 saturated carbocycles. The molecule has 2 aliphatic rings. The topological polar surface area (TPSA) is 94.1 Å². The molecule has 0 aliphatic carbocycles.